The van der Waals surface area contributed by atoms with Gasteiger partial charge < -0.3 is 14.2 Å². The standard InChI is InChI=1S/C20H31NO4/c1-5-23-19(22)18-15-20(24-6-2,25-7-3)13-14-21(18)16(4)17-11-9-8-10-12-17/h8-12,16,18H,5-7,13-15H2,1-4H3. The van der Waals surface area contributed by atoms with Crippen molar-refractivity contribution < 1.29 is 19.0 Å². The number of hydrogen-bond acceptors (Lipinski definition) is 5. The molecule has 2 atom stereocenters. The van der Waals surface area contributed by atoms with Gasteiger partial charge in [0, 0.05) is 38.6 Å². The maximum atomic E-state index is 12.7. The lowest BCUT2D eigenvalue weighted by molar-refractivity contribution is -0.263. The molecule has 25 heavy (non-hydrogen) atoms. The van der Waals surface area contributed by atoms with Gasteiger partial charge in [0.1, 0.15) is 6.04 Å². The Morgan fingerprint density at radius 3 is 2.36 bits per heavy atom. The minimum Gasteiger partial charge on any atom is -0.465 e. The van der Waals surface area contributed by atoms with Gasteiger partial charge in [-0.1, -0.05) is 30.3 Å². The first kappa shape index (κ1) is 19.9. The molecule has 0 amide bonds. The van der Waals surface area contributed by atoms with Crippen LogP contribution in [0.3, 0.4) is 0 Å². The summed E-state index contributed by atoms with van der Waals surface area (Å²) in [6.45, 7) is 10.1. The second-order valence-electron chi connectivity index (χ2n) is 6.32. The Morgan fingerprint density at radius 1 is 1.16 bits per heavy atom. The first-order valence-electron chi connectivity index (χ1n) is 9.32. The topological polar surface area (TPSA) is 48.0 Å². The summed E-state index contributed by atoms with van der Waals surface area (Å²) in [5, 5.41) is 0. The molecule has 1 saturated heterocycles. The zero-order valence-corrected chi connectivity index (χ0v) is 15.9. The zero-order valence-electron chi connectivity index (χ0n) is 15.9. The van der Waals surface area contributed by atoms with Crippen LogP contribution in [0.15, 0.2) is 30.3 Å². The van der Waals surface area contributed by atoms with E-state index in [4.69, 9.17) is 14.2 Å². The molecular formula is C20H31NO4. The average Bonchev–Trinajstić information content (AvgIpc) is 2.62. The van der Waals surface area contributed by atoms with Gasteiger partial charge in [-0.3, -0.25) is 9.69 Å². The van der Waals surface area contributed by atoms with Crippen LogP contribution in [0.4, 0.5) is 0 Å². The molecule has 5 heteroatoms. The van der Waals surface area contributed by atoms with Crippen molar-refractivity contribution in [2.75, 3.05) is 26.4 Å². The minimum absolute atomic E-state index is 0.122. The molecule has 1 heterocycles. The molecule has 2 unspecified atom stereocenters. The quantitative estimate of drug-likeness (QED) is 0.531. The number of carbonyl (C=O) groups is 1. The van der Waals surface area contributed by atoms with Crippen molar-refractivity contribution in [2.45, 2.75) is 58.4 Å². The lowest BCUT2D eigenvalue weighted by atomic mass is 9.92. The first-order valence-corrected chi connectivity index (χ1v) is 9.32. The number of likely N-dealkylation sites (tertiary alicyclic amines) is 1. The van der Waals surface area contributed by atoms with Crippen molar-refractivity contribution in [1.82, 2.24) is 4.90 Å². The molecule has 2 rings (SSSR count). The minimum atomic E-state index is -0.701. The van der Waals surface area contributed by atoms with E-state index in [2.05, 4.69) is 24.0 Å². The van der Waals surface area contributed by atoms with Crippen LogP contribution < -0.4 is 0 Å². The van der Waals surface area contributed by atoms with Crippen LogP contribution in [0.2, 0.25) is 0 Å². The SMILES string of the molecule is CCOC(=O)C1CC(OCC)(OCC)CCN1C(C)c1ccccc1. The fourth-order valence-corrected chi connectivity index (χ4v) is 3.64. The maximum Gasteiger partial charge on any atom is 0.323 e. The van der Waals surface area contributed by atoms with Gasteiger partial charge >= 0.3 is 5.97 Å². The second kappa shape index (κ2) is 9.32. The molecule has 140 valence electrons. The van der Waals surface area contributed by atoms with Gasteiger partial charge in [-0.2, -0.15) is 0 Å². The average molecular weight is 349 g/mol. The molecule has 1 fully saturated rings. The monoisotopic (exact) mass is 349 g/mol. The Bertz CT molecular complexity index is 528. The van der Waals surface area contributed by atoms with E-state index >= 15 is 0 Å². The summed E-state index contributed by atoms with van der Waals surface area (Å²) in [6.07, 6.45) is 1.23. The predicted molar refractivity (Wildman–Crippen MR) is 97.2 cm³/mol. The summed E-state index contributed by atoms with van der Waals surface area (Å²) in [5.41, 5.74) is 1.19. The third-order valence-corrected chi connectivity index (χ3v) is 4.81. The highest BCUT2D eigenvalue weighted by Gasteiger charge is 2.46. The summed E-state index contributed by atoms with van der Waals surface area (Å²) in [6, 6.07) is 10.0. The molecule has 1 aliphatic rings. The maximum absolute atomic E-state index is 12.7. The van der Waals surface area contributed by atoms with E-state index in [1.807, 2.05) is 39.0 Å². The number of piperidine rings is 1. The Labute approximate surface area is 151 Å². The molecule has 0 N–H and O–H groups in total. The van der Waals surface area contributed by atoms with E-state index in [0.29, 0.717) is 26.2 Å². The predicted octanol–water partition coefficient (Wildman–Crippen LogP) is 3.54. The summed E-state index contributed by atoms with van der Waals surface area (Å²) < 4.78 is 17.2. The van der Waals surface area contributed by atoms with Gasteiger partial charge in [-0.25, -0.2) is 0 Å². The fraction of sp³-hybridized carbons (Fsp3) is 0.650. The highest BCUT2D eigenvalue weighted by Crippen LogP contribution is 2.36. The van der Waals surface area contributed by atoms with Crippen molar-refractivity contribution in [3.63, 3.8) is 0 Å². The summed E-state index contributed by atoms with van der Waals surface area (Å²) in [4.78, 5) is 14.9. The van der Waals surface area contributed by atoms with Gasteiger partial charge in [0.25, 0.3) is 0 Å². The molecule has 5 nitrogen and oxygen atoms in total. The van der Waals surface area contributed by atoms with Gasteiger partial charge in [-0.15, -0.1) is 0 Å². The molecule has 0 bridgehead atoms. The molecule has 1 aromatic carbocycles. The largest absolute Gasteiger partial charge is 0.465 e. The van der Waals surface area contributed by atoms with E-state index in [9.17, 15) is 4.79 Å². The molecule has 0 aromatic heterocycles. The van der Waals surface area contributed by atoms with E-state index in [1.165, 1.54) is 5.56 Å². The van der Waals surface area contributed by atoms with Crippen molar-refractivity contribution in [2.24, 2.45) is 0 Å². The van der Waals surface area contributed by atoms with Crippen LogP contribution in [0.25, 0.3) is 0 Å². The number of esters is 1. The zero-order chi connectivity index (χ0) is 18.3. The van der Waals surface area contributed by atoms with E-state index in [1.54, 1.807) is 0 Å². The van der Waals surface area contributed by atoms with Crippen molar-refractivity contribution in [3.8, 4) is 0 Å². The van der Waals surface area contributed by atoms with Crippen molar-refractivity contribution in [1.29, 1.82) is 0 Å². The number of benzene rings is 1. The number of hydrogen-bond donors (Lipinski definition) is 0. The smallest absolute Gasteiger partial charge is 0.323 e. The number of carbonyl (C=O) groups excluding carboxylic acids is 1. The third-order valence-electron chi connectivity index (χ3n) is 4.81. The summed E-state index contributed by atoms with van der Waals surface area (Å²) in [5.74, 6) is -0.901. The van der Waals surface area contributed by atoms with Gasteiger partial charge in [-0.05, 0) is 33.3 Å². The van der Waals surface area contributed by atoms with Gasteiger partial charge in [0.2, 0.25) is 0 Å². The lowest BCUT2D eigenvalue weighted by Gasteiger charge is -2.46. The van der Waals surface area contributed by atoms with Crippen LogP contribution in [-0.4, -0.2) is 49.1 Å². The molecule has 0 aliphatic carbocycles. The molecule has 1 aromatic rings. The molecule has 1 aliphatic heterocycles. The summed E-state index contributed by atoms with van der Waals surface area (Å²) >= 11 is 0. The molecule has 0 spiro atoms. The third kappa shape index (κ3) is 4.81. The van der Waals surface area contributed by atoms with Crippen LogP contribution in [0.1, 0.15) is 52.1 Å². The van der Waals surface area contributed by atoms with Gasteiger partial charge in [0.15, 0.2) is 5.79 Å². The Balaban J connectivity index is 2.25. The summed E-state index contributed by atoms with van der Waals surface area (Å²) in [7, 11) is 0. The van der Waals surface area contributed by atoms with Crippen molar-refractivity contribution in [3.05, 3.63) is 35.9 Å². The Hall–Kier alpha value is -1.43. The Kier molecular flexibility index (Phi) is 7.41. The van der Waals surface area contributed by atoms with Gasteiger partial charge in [0.05, 0.1) is 6.61 Å². The number of ether oxygens (including phenoxy) is 3. The van der Waals surface area contributed by atoms with E-state index in [-0.39, 0.29) is 18.1 Å². The number of nitrogens with zero attached hydrogens (tertiary/aromatic N) is 1. The van der Waals surface area contributed by atoms with Crippen LogP contribution in [0, 0.1) is 0 Å². The Morgan fingerprint density at radius 2 is 1.80 bits per heavy atom. The number of rotatable bonds is 8. The fourth-order valence-electron chi connectivity index (χ4n) is 3.64. The van der Waals surface area contributed by atoms with E-state index in [0.717, 1.165) is 13.0 Å². The van der Waals surface area contributed by atoms with E-state index < -0.39 is 5.79 Å². The molecular weight excluding hydrogens is 318 g/mol. The highest BCUT2D eigenvalue weighted by molar-refractivity contribution is 5.76. The highest BCUT2D eigenvalue weighted by atomic mass is 16.7. The lowest BCUT2D eigenvalue weighted by Crippen LogP contribution is -2.56. The first-order chi connectivity index (χ1) is 12.1. The normalized spacial score (nSPS) is 21.7. The van der Waals surface area contributed by atoms with Crippen LogP contribution >= 0.6 is 0 Å². The van der Waals surface area contributed by atoms with Crippen molar-refractivity contribution >= 4 is 5.97 Å². The second-order valence-corrected chi connectivity index (χ2v) is 6.32. The van der Waals surface area contributed by atoms with Crippen LogP contribution in [-0.2, 0) is 19.0 Å². The van der Waals surface area contributed by atoms with Crippen LogP contribution in [0.5, 0.6) is 0 Å². The molecule has 0 saturated carbocycles. The molecule has 0 radical (unpaired) electrons.